The Balaban J connectivity index is 1.41. The third-order valence-electron chi connectivity index (χ3n) is 5.28. The fraction of sp³-hybridized carbons (Fsp3) is 0.684. The van der Waals surface area contributed by atoms with E-state index in [1.807, 2.05) is 0 Å². The van der Waals surface area contributed by atoms with Gasteiger partial charge in [0.25, 0.3) is 0 Å². The van der Waals surface area contributed by atoms with Gasteiger partial charge >= 0.3 is 0 Å². The van der Waals surface area contributed by atoms with Gasteiger partial charge in [-0.25, -0.2) is 4.98 Å². The minimum absolute atomic E-state index is 0.0583. The Morgan fingerprint density at radius 3 is 2.41 bits per heavy atom. The van der Waals surface area contributed by atoms with Crippen LogP contribution in [-0.4, -0.2) is 46.2 Å². The van der Waals surface area contributed by atoms with Crippen LogP contribution in [0.3, 0.4) is 0 Å². The normalized spacial score (nSPS) is 19.9. The molecule has 1 aliphatic carbocycles. The number of hydrogen-bond acceptors (Lipinski definition) is 8. The molecular formula is C19H26N6O2. The van der Waals surface area contributed by atoms with Crippen molar-refractivity contribution in [2.75, 3.05) is 31.1 Å². The molecule has 27 heavy (non-hydrogen) atoms. The van der Waals surface area contributed by atoms with Crippen LogP contribution in [0.1, 0.15) is 75.8 Å². The molecule has 144 valence electrons. The van der Waals surface area contributed by atoms with E-state index in [0.29, 0.717) is 23.4 Å². The zero-order valence-corrected chi connectivity index (χ0v) is 16.4. The molecule has 8 nitrogen and oxygen atoms in total. The molecule has 1 atom stereocenters. The first-order valence-corrected chi connectivity index (χ1v) is 9.60. The minimum atomic E-state index is -0.126. The van der Waals surface area contributed by atoms with E-state index in [4.69, 9.17) is 8.94 Å². The van der Waals surface area contributed by atoms with Crippen molar-refractivity contribution in [1.29, 1.82) is 5.26 Å². The van der Waals surface area contributed by atoms with Crippen LogP contribution >= 0.6 is 0 Å². The van der Waals surface area contributed by atoms with Crippen molar-refractivity contribution >= 4 is 5.88 Å². The number of anilines is 1. The van der Waals surface area contributed by atoms with Gasteiger partial charge in [-0.2, -0.15) is 10.2 Å². The number of oxazole rings is 1. The van der Waals surface area contributed by atoms with Crippen LogP contribution in [0, 0.1) is 11.3 Å². The fourth-order valence-electron chi connectivity index (χ4n) is 3.30. The van der Waals surface area contributed by atoms with Crippen LogP contribution < -0.4 is 4.90 Å². The monoisotopic (exact) mass is 370 g/mol. The standard InChI is InChI=1S/C19H26N6O2/c1-12(15-22-18(23-27-15)19(2,3)4)24-7-9-25(10-8-24)17-14(11-20)21-16(26-17)13-5-6-13/h12-13H,5-10H2,1-4H3/t12-/m1/s1. The van der Waals surface area contributed by atoms with Gasteiger partial charge in [-0.1, -0.05) is 25.9 Å². The molecule has 2 aromatic rings. The smallest absolute Gasteiger partial charge is 0.243 e. The van der Waals surface area contributed by atoms with Crippen molar-refractivity contribution in [2.24, 2.45) is 0 Å². The summed E-state index contributed by atoms with van der Waals surface area (Å²) in [6.45, 7) is 11.5. The Morgan fingerprint density at radius 1 is 1.15 bits per heavy atom. The molecule has 0 aromatic carbocycles. The van der Waals surface area contributed by atoms with Gasteiger partial charge in [0.15, 0.2) is 5.82 Å². The lowest BCUT2D eigenvalue weighted by Gasteiger charge is -2.36. The maximum atomic E-state index is 9.38. The lowest BCUT2D eigenvalue weighted by molar-refractivity contribution is 0.162. The summed E-state index contributed by atoms with van der Waals surface area (Å²) in [4.78, 5) is 13.4. The van der Waals surface area contributed by atoms with E-state index in [2.05, 4.69) is 58.7 Å². The van der Waals surface area contributed by atoms with E-state index >= 15 is 0 Å². The van der Waals surface area contributed by atoms with Gasteiger partial charge in [0.1, 0.15) is 6.07 Å². The quantitative estimate of drug-likeness (QED) is 0.810. The highest BCUT2D eigenvalue weighted by atomic mass is 16.5. The first-order valence-electron chi connectivity index (χ1n) is 9.60. The van der Waals surface area contributed by atoms with Gasteiger partial charge in [-0.3, -0.25) is 4.90 Å². The van der Waals surface area contributed by atoms with Gasteiger partial charge in [-0.05, 0) is 19.8 Å². The summed E-state index contributed by atoms with van der Waals surface area (Å²) in [6.07, 6.45) is 2.22. The molecule has 0 N–H and O–H groups in total. The molecule has 1 saturated heterocycles. The van der Waals surface area contributed by atoms with E-state index in [9.17, 15) is 5.26 Å². The van der Waals surface area contributed by atoms with Gasteiger partial charge in [0.05, 0.1) is 6.04 Å². The molecule has 8 heteroatoms. The predicted octanol–water partition coefficient (Wildman–Crippen LogP) is 2.99. The Bertz CT molecular complexity index is 846. The largest absolute Gasteiger partial charge is 0.423 e. The maximum Gasteiger partial charge on any atom is 0.243 e. The topological polar surface area (TPSA) is 95.2 Å². The molecule has 2 fully saturated rings. The molecule has 0 bridgehead atoms. The van der Waals surface area contributed by atoms with Gasteiger partial charge < -0.3 is 13.8 Å². The highest BCUT2D eigenvalue weighted by Gasteiger charge is 2.33. The van der Waals surface area contributed by atoms with Gasteiger partial charge in [0, 0.05) is 37.5 Å². The van der Waals surface area contributed by atoms with Crippen molar-refractivity contribution in [3.05, 3.63) is 23.3 Å². The van der Waals surface area contributed by atoms with Crippen molar-refractivity contribution in [3.63, 3.8) is 0 Å². The Kier molecular flexibility index (Phi) is 4.42. The Morgan fingerprint density at radius 2 is 1.85 bits per heavy atom. The second-order valence-electron chi connectivity index (χ2n) is 8.50. The van der Waals surface area contributed by atoms with Crippen LogP contribution in [0.2, 0.25) is 0 Å². The van der Waals surface area contributed by atoms with Crippen LogP contribution in [0.4, 0.5) is 5.88 Å². The summed E-state index contributed by atoms with van der Waals surface area (Å²) in [5.74, 6) is 3.14. The third kappa shape index (κ3) is 3.56. The number of nitrogens with zero attached hydrogens (tertiary/aromatic N) is 6. The summed E-state index contributed by atoms with van der Waals surface area (Å²) in [6, 6.07) is 2.24. The average molecular weight is 370 g/mol. The van der Waals surface area contributed by atoms with Gasteiger partial charge in [0.2, 0.25) is 23.4 Å². The number of rotatable bonds is 4. The zero-order valence-electron chi connectivity index (χ0n) is 16.4. The number of hydrogen-bond donors (Lipinski definition) is 0. The zero-order chi connectivity index (χ0) is 19.2. The molecule has 4 rings (SSSR count). The molecule has 2 aliphatic rings. The van der Waals surface area contributed by atoms with E-state index in [1.165, 1.54) is 0 Å². The highest BCUT2D eigenvalue weighted by Crippen LogP contribution is 2.41. The van der Waals surface area contributed by atoms with Crippen LogP contribution in [-0.2, 0) is 5.41 Å². The first kappa shape index (κ1) is 18.0. The van der Waals surface area contributed by atoms with Crippen molar-refractivity contribution in [3.8, 4) is 6.07 Å². The molecule has 0 spiro atoms. The second kappa shape index (κ2) is 6.64. The lowest BCUT2D eigenvalue weighted by Crippen LogP contribution is -2.47. The maximum absolute atomic E-state index is 9.38. The molecule has 0 amide bonds. The van der Waals surface area contributed by atoms with Crippen molar-refractivity contribution in [2.45, 2.75) is 57.9 Å². The summed E-state index contributed by atoms with van der Waals surface area (Å²) in [5.41, 5.74) is 0.282. The van der Waals surface area contributed by atoms with Crippen LogP contribution in [0.25, 0.3) is 0 Å². The number of nitriles is 1. The molecule has 3 heterocycles. The predicted molar refractivity (Wildman–Crippen MR) is 98.4 cm³/mol. The average Bonchev–Trinajstić information content (AvgIpc) is 3.21. The van der Waals surface area contributed by atoms with E-state index in [1.54, 1.807) is 0 Å². The molecule has 2 aromatic heterocycles. The van der Waals surface area contributed by atoms with Crippen molar-refractivity contribution in [1.82, 2.24) is 20.0 Å². The number of piperazine rings is 1. The molecule has 1 saturated carbocycles. The summed E-state index contributed by atoms with van der Waals surface area (Å²) in [5, 5.41) is 13.5. The Labute approximate surface area is 159 Å². The summed E-state index contributed by atoms with van der Waals surface area (Å²) in [7, 11) is 0. The first-order chi connectivity index (χ1) is 12.9. The SMILES string of the molecule is C[C@H](c1nc(C(C)(C)C)no1)N1CCN(c2oc(C3CC3)nc2C#N)CC1. The summed E-state index contributed by atoms with van der Waals surface area (Å²) < 4.78 is 11.4. The Hall–Kier alpha value is -2.40. The number of aromatic nitrogens is 3. The van der Waals surface area contributed by atoms with E-state index in [0.717, 1.165) is 50.7 Å². The second-order valence-corrected chi connectivity index (χ2v) is 8.50. The minimum Gasteiger partial charge on any atom is -0.423 e. The highest BCUT2D eigenvalue weighted by molar-refractivity contribution is 5.48. The van der Waals surface area contributed by atoms with Gasteiger partial charge in [-0.15, -0.1) is 0 Å². The van der Waals surface area contributed by atoms with Crippen molar-refractivity contribution < 1.29 is 8.94 Å². The summed E-state index contributed by atoms with van der Waals surface area (Å²) >= 11 is 0. The molecule has 0 radical (unpaired) electrons. The van der Waals surface area contributed by atoms with Crippen LogP contribution in [0.5, 0.6) is 0 Å². The van der Waals surface area contributed by atoms with E-state index in [-0.39, 0.29) is 11.5 Å². The molecule has 0 unspecified atom stereocenters. The lowest BCUT2D eigenvalue weighted by atomic mass is 9.96. The fourth-order valence-corrected chi connectivity index (χ4v) is 3.30. The van der Waals surface area contributed by atoms with E-state index < -0.39 is 0 Å². The van der Waals surface area contributed by atoms with Crippen LogP contribution in [0.15, 0.2) is 8.94 Å². The third-order valence-corrected chi connectivity index (χ3v) is 5.28. The molecule has 1 aliphatic heterocycles. The molecular weight excluding hydrogens is 344 g/mol.